The van der Waals surface area contributed by atoms with Crippen molar-refractivity contribution in [3.63, 3.8) is 0 Å². The highest BCUT2D eigenvalue weighted by molar-refractivity contribution is 5.89. The first-order chi connectivity index (χ1) is 13.5. The van der Waals surface area contributed by atoms with Gasteiger partial charge in [-0.2, -0.15) is 0 Å². The normalized spacial score (nSPS) is 12.1. The van der Waals surface area contributed by atoms with E-state index in [9.17, 15) is 0 Å². The van der Waals surface area contributed by atoms with Gasteiger partial charge in [-0.3, -0.25) is 0 Å². The standard InChI is InChI=1S/C28H28/c1-21(2)14-19-28(27-18-17-25-12-8-9-13-26(25)20-27)23(4)16-15-22(3)24-10-6-5-7-11-24/h5-15,17-20H,4,16H2,1-3H3/b22-15+,28-19-. The summed E-state index contributed by atoms with van der Waals surface area (Å²) in [5.74, 6) is 0. The van der Waals surface area contributed by atoms with Gasteiger partial charge in [0, 0.05) is 0 Å². The SMILES string of the molecule is C=C(C/C=C(\C)c1ccccc1)/C(=C/C=C(C)C)c1ccc2ccccc2c1. The lowest BCUT2D eigenvalue weighted by molar-refractivity contribution is 1.30. The molecule has 0 N–H and O–H groups in total. The zero-order chi connectivity index (χ0) is 19.9. The fraction of sp³-hybridized carbons (Fsp3) is 0.143. The molecule has 0 radical (unpaired) electrons. The molecule has 28 heavy (non-hydrogen) atoms. The van der Waals surface area contributed by atoms with E-state index in [1.54, 1.807) is 0 Å². The Morgan fingerprint density at radius 3 is 2.14 bits per heavy atom. The van der Waals surface area contributed by atoms with Crippen LogP contribution >= 0.6 is 0 Å². The molecule has 0 aliphatic heterocycles. The fourth-order valence-corrected chi connectivity index (χ4v) is 3.23. The Bertz CT molecular complexity index is 1060. The van der Waals surface area contributed by atoms with Crippen LogP contribution in [0.25, 0.3) is 21.9 Å². The number of fused-ring (bicyclic) bond motifs is 1. The molecule has 140 valence electrons. The van der Waals surface area contributed by atoms with Gasteiger partial charge in [-0.15, -0.1) is 0 Å². The van der Waals surface area contributed by atoms with Crippen LogP contribution in [0.15, 0.2) is 109 Å². The lowest BCUT2D eigenvalue weighted by Crippen LogP contribution is -1.90. The summed E-state index contributed by atoms with van der Waals surface area (Å²) in [7, 11) is 0. The zero-order valence-corrected chi connectivity index (χ0v) is 17.1. The van der Waals surface area contributed by atoms with Crippen LogP contribution in [-0.2, 0) is 0 Å². The molecular weight excluding hydrogens is 336 g/mol. The average Bonchev–Trinajstić information content (AvgIpc) is 2.72. The maximum atomic E-state index is 4.41. The van der Waals surface area contributed by atoms with Crippen molar-refractivity contribution in [2.24, 2.45) is 0 Å². The first-order valence-corrected chi connectivity index (χ1v) is 9.79. The second-order valence-corrected chi connectivity index (χ2v) is 7.45. The summed E-state index contributed by atoms with van der Waals surface area (Å²) in [6, 6.07) is 25.7. The molecule has 0 bridgehead atoms. The second kappa shape index (κ2) is 9.19. The fourth-order valence-electron chi connectivity index (χ4n) is 3.23. The van der Waals surface area contributed by atoms with Gasteiger partial charge in [-0.1, -0.05) is 97.1 Å². The molecule has 0 saturated heterocycles. The Balaban J connectivity index is 1.92. The molecule has 0 aliphatic carbocycles. The first-order valence-electron chi connectivity index (χ1n) is 9.79. The van der Waals surface area contributed by atoms with Gasteiger partial charge in [0.15, 0.2) is 0 Å². The molecule has 0 aromatic heterocycles. The molecule has 0 heterocycles. The molecule has 0 aliphatic rings. The largest absolute Gasteiger partial charge is 0.0949 e. The minimum absolute atomic E-state index is 0.829. The van der Waals surface area contributed by atoms with Gasteiger partial charge in [-0.05, 0) is 71.9 Å². The summed E-state index contributed by atoms with van der Waals surface area (Å²) in [5, 5.41) is 2.52. The molecule has 0 spiro atoms. The summed E-state index contributed by atoms with van der Waals surface area (Å²) >= 11 is 0. The van der Waals surface area contributed by atoms with Crippen molar-refractivity contribution in [1.29, 1.82) is 0 Å². The predicted octanol–water partition coefficient (Wildman–Crippen LogP) is 8.24. The third-order valence-corrected chi connectivity index (χ3v) is 4.91. The van der Waals surface area contributed by atoms with Crippen LogP contribution in [0, 0.1) is 0 Å². The summed E-state index contributed by atoms with van der Waals surface area (Å²) in [4.78, 5) is 0. The Morgan fingerprint density at radius 2 is 1.43 bits per heavy atom. The number of hydrogen-bond donors (Lipinski definition) is 0. The maximum absolute atomic E-state index is 4.41. The van der Waals surface area contributed by atoms with Gasteiger partial charge in [0.05, 0.1) is 0 Å². The average molecular weight is 365 g/mol. The van der Waals surface area contributed by atoms with Crippen molar-refractivity contribution < 1.29 is 0 Å². The molecule has 0 fully saturated rings. The summed E-state index contributed by atoms with van der Waals surface area (Å²) in [6.45, 7) is 10.8. The zero-order valence-electron chi connectivity index (χ0n) is 17.1. The van der Waals surface area contributed by atoms with E-state index in [2.05, 4.69) is 118 Å². The molecule has 0 nitrogen and oxygen atoms in total. The van der Waals surface area contributed by atoms with Crippen LogP contribution in [0.4, 0.5) is 0 Å². The van der Waals surface area contributed by atoms with Crippen LogP contribution in [0.3, 0.4) is 0 Å². The third-order valence-electron chi connectivity index (χ3n) is 4.91. The Kier molecular flexibility index (Phi) is 6.45. The maximum Gasteiger partial charge on any atom is -0.00912 e. The van der Waals surface area contributed by atoms with E-state index in [0.29, 0.717) is 0 Å². The molecule has 0 heteroatoms. The van der Waals surface area contributed by atoms with Crippen molar-refractivity contribution in [2.45, 2.75) is 27.2 Å². The molecule has 3 rings (SSSR count). The van der Waals surface area contributed by atoms with Crippen LogP contribution in [-0.4, -0.2) is 0 Å². The number of allylic oxidation sites excluding steroid dienone is 7. The minimum atomic E-state index is 0.829. The quantitative estimate of drug-likeness (QED) is 0.386. The highest BCUT2D eigenvalue weighted by Gasteiger charge is 2.07. The highest BCUT2D eigenvalue weighted by Crippen LogP contribution is 2.29. The van der Waals surface area contributed by atoms with E-state index in [0.717, 1.165) is 12.0 Å². The van der Waals surface area contributed by atoms with E-state index in [1.165, 1.54) is 38.6 Å². The summed E-state index contributed by atoms with van der Waals surface area (Å²) in [5.41, 5.74) is 7.36. The molecule has 0 atom stereocenters. The van der Waals surface area contributed by atoms with Crippen molar-refractivity contribution in [2.75, 3.05) is 0 Å². The molecule has 3 aromatic rings. The van der Waals surface area contributed by atoms with Gasteiger partial charge in [0.1, 0.15) is 0 Å². The number of rotatable bonds is 6. The van der Waals surface area contributed by atoms with Gasteiger partial charge in [-0.25, -0.2) is 0 Å². The van der Waals surface area contributed by atoms with Crippen molar-refractivity contribution in [1.82, 2.24) is 0 Å². The number of hydrogen-bond acceptors (Lipinski definition) is 0. The molecule has 3 aromatic carbocycles. The summed E-state index contributed by atoms with van der Waals surface area (Å²) in [6.07, 6.45) is 7.47. The van der Waals surface area contributed by atoms with Crippen molar-refractivity contribution in [3.8, 4) is 0 Å². The van der Waals surface area contributed by atoms with Crippen LogP contribution in [0.1, 0.15) is 38.3 Å². The van der Waals surface area contributed by atoms with Gasteiger partial charge >= 0.3 is 0 Å². The van der Waals surface area contributed by atoms with Gasteiger partial charge in [0.2, 0.25) is 0 Å². The van der Waals surface area contributed by atoms with E-state index in [-0.39, 0.29) is 0 Å². The predicted molar refractivity (Wildman–Crippen MR) is 125 cm³/mol. The Morgan fingerprint density at radius 1 is 0.750 bits per heavy atom. The molecule has 0 saturated carbocycles. The highest BCUT2D eigenvalue weighted by atomic mass is 14.1. The summed E-state index contributed by atoms with van der Waals surface area (Å²) < 4.78 is 0. The van der Waals surface area contributed by atoms with Gasteiger partial charge < -0.3 is 0 Å². The lowest BCUT2D eigenvalue weighted by atomic mass is 9.93. The van der Waals surface area contributed by atoms with Crippen molar-refractivity contribution in [3.05, 3.63) is 120 Å². The second-order valence-electron chi connectivity index (χ2n) is 7.45. The first kappa shape index (κ1) is 19.6. The van der Waals surface area contributed by atoms with E-state index >= 15 is 0 Å². The molecular formula is C28H28. The Labute approximate surface area is 169 Å². The van der Waals surface area contributed by atoms with Crippen LogP contribution in [0.5, 0.6) is 0 Å². The molecule has 0 unspecified atom stereocenters. The van der Waals surface area contributed by atoms with E-state index < -0.39 is 0 Å². The monoisotopic (exact) mass is 364 g/mol. The lowest BCUT2D eigenvalue weighted by Gasteiger charge is -2.12. The van der Waals surface area contributed by atoms with Crippen molar-refractivity contribution >= 4 is 21.9 Å². The van der Waals surface area contributed by atoms with Gasteiger partial charge in [0.25, 0.3) is 0 Å². The topological polar surface area (TPSA) is 0 Å². The Hall–Kier alpha value is -3.12. The molecule has 0 amide bonds. The van der Waals surface area contributed by atoms with E-state index in [1.807, 2.05) is 0 Å². The smallest absolute Gasteiger partial charge is 0.00912 e. The number of benzene rings is 3. The minimum Gasteiger partial charge on any atom is -0.0949 e. The van der Waals surface area contributed by atoms with Crippen LogP contribution < -0.4 is 0 Å². The van der Waals surface area contributed by atoms with Crippen LogP contribution in [0.2, 0.25) is 0 Å². The van der Waals surface area contributed by atoms with E-state index in [4.69, 9.17) is 0 Å². The third kappa shape index (κ3) is 4.98.